The van der Waals surface area contributed by atoms with Gasteiger partial charge in [-0.2, -0.15) is 0 Å². The van der Waals surface area contributed by atoms with Crippen LogP contribution >= 0.6 is 0 Å². The molecular weight excluding hydrogens is 348 g/mol. The number of hydrogen-bond donors (Lipinski definition) is 1. The van der Waals surface area contributed by atoms with Crippen molar-refractivity contribution in [1.82, 2.24) is 0 Å². The normalized spacial score (nSPS) is 22.3. The SMILES string of the molecule is COCC1(O)CCCCC1c1ccc(OCc2ccc3ccccc3c2)cc1. The summed E-state index contributed by atoms with van der Waals surface area (Å²) >= 11 is 0. The average Bonchev–Trinajstić information content (AvgIpc) is 2.73. The van der Waals surface area contributed by atoms with Crippen LogP contribution in [0.5, 0.6) is 5.75 Å². The number of rotatable bonds is 6. The molecule has 0 radical (unpaired) electrons. The fourth-order valence-corrected chi connectivity index (χ4v) is 4.41. The van der Waals surface area contributed by atoms with E-state index in [0.717, 1.165) is 42.6 Å². The van der Waals surface area contributed by atoms with Crippen molar-refractivity contribution in [2.24, 2.45) is 0 Å². The van der Waals surface area contributed by atoms with Crippen molar-refractivity contribution in [3.05, 3.63) is 77.9 Å². The Morgan fingerprint density at radius 3 is 2.54 bits per heavy atom. The van der Waals surface area contributed by atoms with Crippen LogP contribution in [0, 0.1) is 0 Å². The summed E-state index contributed by atoms with van der Waals surface area (Å²) in [7, 11) is 1.66. The van der Waals surface area contributed by atoms with E-state index in [0.29, 0.717) is 13.2 Å². The predicted molar refractivity (Wildman–Crippen MR) is 113 cm³/mol. The summed E-state index contributed by atoms with van der Waals surface area (Å²) in [6.45, 7) is 0.930. The first-order chi connectivity index (χ1) is 13.7. The molecule has 1 saturated carbocycles. The second-order valence-electron chi connectivity index (χ2n) is 7.87. The van der Waals surface area contributed by atoms with Crippen molar-refractivity contribution in [2.75, 3.05) is 13.7 Å². The third-order valence-corrected chi connectivity index (χ3v) is 5.90. The fraction of sp³-hybridized carbons (Fsp3) is 0.360. The van der Waals surface area contributed by atoms with Gasteiger partial charge in [0.1, 0.15) is 12.4 Å². The van der Waals surface area contributed by atoms with Crippen molar-refractivity contribution >= 4 is 10.8 Å². The zero-order valence-electron chi connectivity index (χ0n) is 16.4. The van der Waals surface area contributed by atoms with Crippen LogP contribution in [-0.4, -0.2) is 24.4 Å². The highest BCUT2D eigenvalue weighted by Gasteiger charge is 2.39. The molecule has 4 rings (SSSR count). The lowest BCUT2D eigenvalue weighted by molar-refractivity contribution is -0.0715. The molecule has 3 heteroatoms. The van der Waals surface area contributed by atoms with Crippen molar-refractivity contribution in [3.63, 3.8) is 0 Å². The molecule has 0 saturated heterocycles. The number of methoxy groups -OCH3 is 1. The van der Waals surface area contributed by atoms with Gasteiger partial charge >= 0.3 is 0 Å². The molecule has 2 unspecified atom stereocenters. The lowest BCUT2D eigenvalue weighted by Gasteiger charge is -2.39. The van der Waals surface area contributed by atoms with Gasteiger partial charge in [0.25, 0.3) is 0 Å². The molecule has 0 aromatic heterocycles. The van der Waals surface area contributed by atoms with E-state index in [1.54, 1.807) is 7.11 Å². The second kappa shape index (κ2) is 8.34. The Labute approximate surface area is 166 Å². The number of hydrogen-bond acceptors (Lipinski definition) is 3. The molecule has 0 aliphatic heterocycles. The van der Waals surface area contributed by atoms with Gasteiger partial charge in [-0.3, -0.25) is 0 Å². The van der Waals surface area contributed by atoms with Gasteiger partial charge in [-0.1, -0.05) is 61.4 Å². The van der Waals surface area contributed by atoms with Crippen LogP contribution in [0.25, 0.3) is 10.8 Å². The molecular formula is C25H28O3. The second-order valence-corrected chi connectivity index (χ2v) is 7.87. The summed E-state index contributed by atoms with van der Waals surface area (Å²) in [5, 5.41) is 13.5. The third-order valence-electron chi connectivity index (χ3n) is 5.90. The molecule has 0 heterocycles. The summed E-state index contributed by atoms with van der Waals surface area (Å²) in [5.41, 5.74) is 1.56. The maximum atomic E-state index is 11.0. The minimum Gasteiger partial charge on any atom is -0.489 e. The van der Waals surface area contributed by atoms with E-state index in [-0.39, 0.29) is 5.92 Å². The molecule has 2 atom stereocenters. The van der Waals surface area contributed by atoms with Gasteiger partial charge in [0.05, 0.1) is 12.2 Å². The van der Waals surface area contributed by atoms with E-state index in [9.17, 15) is 5.11 Å². The van der Waals surface area contributed by atoms with Crippen LogP contribution in [-0.2, 0) is 11.3 Å². The number of benzene rings is 3. The summed E-state index contributed by atoms with van der Waals surface area (Å²) in [6, 6.07) is 23.0. The predicted octanol–water partition coefficient (Wildman–Crippen LogP) is 5.45. The summed E-state index contributed by atoms with van der Waals surface area (Å²) < 4.78 is 11.3. The van der Waals surface area contributed by atoms with Gasteiger partial charge < -0.3 is 14.6 Å². The third kappa shape index (κ3) is 4.06. The molecule has 1 aliphatic carbocycles. The van der Waals surface area contributed by atoms with Gasteiger partial charge in [0, 0.05) is 13.0 Å². The Morgan fingerprint density at radius 1 is 0.964 bits per heavy atom. The minimum atomic E-state index is -0.763. The maximum absolute atomic E-state index is 11.0. The lowest BCUT2D eigenvalue weighted by atomic mass is 9.72. The molecule has 3 nitrogen and oxygen atoms in total. The first kappa shape index (κ1) is 19.0. The summed E-state index contributed by atoms with van der Waals surface area (Å²) in [5.74, 6) is 0.971. The largest absolute Gasteiger partial charge is 0.489 e. The number of aliphatic hydroxyl groups is 1. The molecule has 146 valence electrons. The van der Waals surface area contributed by atoms with E-state index in [2.05, 4.69) is 54.6 Å². The van der Waals surface area contributed by atoms with Crippen molar-refractivity contribution < 1.29 is 14.6 Å². The number of ether oxygens (including phenoxy) is 2. The first-order valence-electron chi connectivity index (χ1n) is 10.1. The Balaban J connectivity index is 1.44. The van der Waals surface area contributed by atoms with E-state index in [1.807, 2.05) is 12.1 Å². The van der Waals surface area contributed by atoms with Crippen LogP contribution in [0.15, 0.2) is 66.7 Å². The molecule has 1 aliphatic rings. The van der Waals surface area contributed by atoms with E-state index >= 15 is 0 Å². The van der Waals surface area contributed by atoms with Crippen LogP contribution < -0.4 is 4.74 Å². The van der Waals surface area contributed by atoms with Crippen molar-refractivity contribution in [2.45, 2.75) is 43.8 Å². The Hall–Kier alpha value is -2.36. The highest BCUT2D eigenvalue weighted by molar-refractivity contribution is 5.82. The van der Waals surface area contributed by atoms with Crippen molar-refractivity contribution in [1.29, 1.82) is 0 Å². The molecule has 3 aromatic rings. The zero-order chi connectivity index (χ0) is 19.4. The molecule has 3 aromatic carbocycles. The van der Waals surface area contributed by atoms with Gasteiger partial charge in [-0.25, -0.2) is 0 Å². The van der Waals surface area contributed by atoms with E-state index in [4.69, 9.17) is 9.47 Å². The quantitative estimate of drug-likeness (QED) is 0.621. The zero-order valence-corrected chi connectivity index (χ0v) is 16.4. The number of fused-ring (bicyclic) bond motifs is 1. The average molecular weight is 376 g/mol. The molecule has 28 heavy (non-hydrogen) atoms. The smallest absolute Gasteiger partial charge is 0.119 e. The fourth-order valence-electron chi connectivity index (χ4n) is 4.41. The molecule has 1 fully saturated rings. The highest BCUT2D eigenvalue weighted by atomic mass is 16.5. The van der Waals surface area contributed by atoms with Crippen LogP contribution in [0.1, 0.15) is 42.7 Å². The van der Waals surface area contributed by atoms with Crippen LogP contribution in [0.4, 0.5) is 0 Å². The van der Waals surface area contributed by atoms with Gasteiger partial charge in [-0.05, 0) is 52.9 Å². The van der Waals surface area contributed by atoms with Gasteiger partial charge in [0.15, 0.2) is 0 Å². The highest BCUT2D eigenvalue weighted by Crippen LogP contribution is 2.41. The van der Waals surface area contributed by atoms with Crippen LogP contribution in [0.3, 0.4) is 0 Å². The topological polar surface area (TPSA) is 38.7 Å². The Kier molecular flexibility index (Phi) is 5.65. The van der Waals surface area contributed by atoms with Crippen molar-refractivity contribution in [3.8, 4) is 5.75 Å². The molecule has 0 bridgehead atoms. The maximum Gasteiger partial charge on any atom is 0.119 e. The minimum absolute atomic E-state index is 0.121. The van der Waals surface area contributed by atoms with E-state index < -0.39 is 5.60 Å². The van der Waals surface area contributed by atoms with Crippen LogP contribution in [0.2, 0.25) is 0 Å². The first-order valence-corrected chi connectivity index (χ1v) is 10.1. The van der Waals surface area contributed by atoms with E-state index in [1.165, 1.54) is 10.8 Å². The molecule has 1 N–H and O–H groups in total. The van der Waals surface area contributed by atoms with Gasteiger partial charge in [0.2, 0.25) is 0 Å². The molecule has 0 spiro atoms. The Bertz CT molecular complexity index is 914. The summed E-state index contributed by atoms with van der Waals surface area (Å²) in [4.78, 5) is 0. The lowest BCUT2D eigenvalue weighted by Crippen LogP contribution is -2.43. The van der Waals surface area contributed by atoms with Gasteiger partial charge in [-0.15, -0.1) is 0 Å². The summed E-state index contributed by atoms with van der Waals surface area (Å²) in [6.07, 6.45) is 4.00. The monoisotopic (exact) mass is 376 g/mol. The molecule has 0 amide bonds. The Morgan fingerprint density at radius 2 is 1.75 bits per heavy atom. The standard InChI is InChI=1S/C25H28O3/c1-27-18-25(26)15-5-4-8-24(25)21-11-13-23(14-12-21)28-17-19-9-10-20-6-2-3-7-22(20)16-19/h2-3,6-7,9-14,16,24,26H,4-5,8,15,17-18H2,1H3.